The highest BCUT2D eigenvalue weighted by Gasteiger charge is 2.14. The van der Waals surface area contributed by atoms with Gasteiger partial charge >= 0.3 is 0 Å². The van der Waals surface area contributed by atoms with Gasteiger partial charge in [0.25, 0.3) is 0 Å². The van der Waals surface area contributed by atoms with Crippen LogP contribution in [0.2, 0.25) is 10.0 Å². The molecule has 0 aliphatic heterocycles. The number of aliphatic hydroxyl groups excluding tert-OH is 1. The van der Waals surface area contributed by atoms with Crippen molar-refractivity contribution in [2.75, 3.05) is 23.8 Å². The zero-order valence-electron chi connectivity index (χ0n) is 9.37. The highest BCUT2D eigenvalue weighted by molar-refractivity contribution is 6.42. The molecule has 0 aliphatic carbocycles. The summed E-state index contributed by atoms with van der Waals surface area (Å²) < 4.78 is 0. The summed E-state index contributed by atoms with van der Waals surface area (Å²) in [6.45, 7) is 4.63. The van der Waals surface area contributed by atoms with Crippen molar-refractivity contribution in [1.82, 2.24) is 0 Å². The van der Waals surface area contributed by atoms with E-state index in [1.54, 1.807) is 12.1 Å². The van der Waals surface area contributed by atoms with E-state index in [4.69, 9.17) is 34.0 Å². The smallest absolute Gasteiger partial charge is 0.0619 e. The zero-order chi connectivity index (χ0) is 12.3. The SMILES string of the molecule is CC(C)N(CCO)c1cc(Cl)c(Cl)cc1N. The maximum Gasteiger partial charge on any atom is 0.0619 e. The molecule has 0 bridgehead atoms. The van der Waals surface area contributed by atoms with Crippen LogP contribution in [-0.4, -0.2) is 24.3 Å². The molecule has 0 fully saturated rings. The normalized spacial score (nSPS) is 10.9. The van der Waals surface area contributed by atoms with Crippen LogP contribution >= 0.6 is 23.2 Å². The monoisotopic (exact) mass is 262 g/mol. The third-order valence-corrected chi connectivity index (χ3v) is 3.07. The van der Waals surface area contributed by atoms with E-state index in [-0.39, 0.29) is 12.6 Å². The van der Waals surface area contributed by atoms with E-state index in [0.29, 0.717) is 22.3 Å². The fourth-order valence-corrected chi connectivity index (χ4v) is 1.90. The van der Waals surface area contributed by atoms with Crippen molar-refractivity contribution < 1.29 is 5.11 Å². The molecule has 3 N–H and O–H groups in total. The number of halogens is 2. The average Bonchev–Trinajstić information content (AvgIpc) is 2.20. The first-order valence-corrected chi connectivity index (χ1v) is 5.85. The standard InChI is InChI=1S/C11H16Cl2N2O/c1-7(2)15(3-4-16)11-6-9(13)8(12)5-10(11)14/h5-7,16H,3-4,14H2,1-2H3. The van der Waals surface area contributed by atoms with E-state index < -0.39 is 0 Å². The summed E-state index contributed by atoms with van der Waals surface area (Å²) in [6, 6.07) is 3.59. The van der Waals surface area contributed by atoms with Crippen LogP contribution in [0.4, 0.5) is 11.4 Å². The minimum absolute atomic E-state index is 0.0673. The quantitative estimate of drug-likeness (QED) is 0.821. The fourth-order valence-electron chi connectivity index (χ4n) is 1.57. The Morgan fingerprint density at radius 1 is 1.31 bits per heavy atom. The van der Waals surface area contributed by atoms with Gasteiger partial charge in [-0.05, 0) is 26.0 Å². The topological polar surface area (TPSA) is 49.5 Å². The number of aliphatic hydroxyl groups is 1. The van der Waals surface area contributed by atoms with E-state index in [1.165, 1.54) is 0 Å². The number of hydrogen-bond acceptors (Lipinski definition) is 3. The van der Waals surface area contributed by atoms with Gasteiger partial charge in [0.05, 0.1) is 28.0 Å². The lowest BCUT2D eigenvalue weighted by molar-refractivity contribution is 0.299. The van der Waals surface area contributed by atoms with Crippen molar-refractivity contribution in [3.05, 3.63) is 22.2 Å². The molecule has 5 heteroatoms. The summed E-state index contributed by atoms with van der Waals surface area (Å²) in [7, 11) is 0. The number of anilines is 2. The largest absolute Gasteiger partial charge is 0.397 e. The highest BCUT2D eigenvalue weighted by Crippen LogP contribution is 2.33. The molecule has 0 saturated heterocycles. The van der Waals surface area contributed by atoms with Crippen molar-refractivity contribution in [2.45, 2.75) is 19.9 Å². The first-order chi connectivity index (χ1) is 7.47. The minimum Gasteiger partial charge on any atom is -0.397 e. The number of hydrogen-bond donors (Lipinski definition) is 2. The molecule has 0 aliphatic rings. The number of nitrogens with zero attached hydrogens (tertiary/aromatic N) is 1. The molecule has 0 heterocycles. The van der Waals surface area contributed by atoms with E-state index in [1.807, 2.05) is 18.7 Å². The molecule has 0 aromatic heterocycles. The molecule has 1 aromatic rings. The molecular weight excluding hydrogens is 247 g/mol. The third-order valence-electron chi connectivity index (χ3n) is 2.34. The van der Waals surface area contributed by atoms with Gasteiger partial charge in [0.15, 0.2) is 0 Å². The fraction of sp³-hybridized carbons (Fsp3) is 0.455. The second-order valence-corrected chi connectivity index (χ2v) is 4.65. The molecule has 0 saturated carbocycles. The number of rotatable bonds is 4. The molecular formula is C11H16Cl2N2O. The van der Waals surface area contributed by atoms with Gasteiger partial charge in [-0.1, -0.05) is 23.2 Å². The molecule has 1 aromatic carbocycles. The maximum absolute atomic E-state index is 9.02. The lowest BCUT2D eigenvalue weighted by atomic mass is 10.2. The van der Waals surface area contributed by atoms with Gasteiger partial charge in [-0.25, -0.2) is 0 Å². The van der Waals surface area contributed by atoms with Crippen molar-refractivity contribution in [2.24, 2.45) is 0 Å². The Labute approximate surface area is 106 Å². The second kappa shape index (κ2) is 5.62. The molecule has 90 valence electrons. The molecule has 1 rings (SSSR count). The summed E-state index contributed by atoms with van der Waals surface area (Å²) in [5.41, 5.74) is 7.26. The molecule has 0 unspecified atom stereocenters. The number of benzene rings is 1. The Balaban J connectivity index is 3.13. The first kappa shape index (κ1) is 13.4. The van der Waals surface area contributed by atoms with Crippen molar-refractivity contribution in [1.29, 1.82) is 0 Å². The van der Waals surface area contributed by atoms with Crippen LogP contribution in [0.3, 0.4) is 0 Å². The van der Waals surface area contributed by atoms with E-state index in [9.17, 15) is 0 Å². The maximum atomic E-state index is 9.02. The summed E-state index contributed by atoms with van der Waals surface area (Å²) in [6.07, 6.45) is 0. The summed E-state index contributed by atoms with van der Waals surface area (Å²) in [5, 5.41) is 9.93. The Bertz CT molecular complexity index is 369. The lowest BCUT2D eigenvalue weighted by Crippen LogP contribution is -2.34. The number of nitrogens with two attached hydrogens (primary N) is 1. The van der Waals surface area contributed by atoms with Crippen LogP contribution < -0.4 is 10.6 Å². The molecule has 16 heavy (non-hydrogen) atoms. The average molecular weight is 263 g/mol. The van der Waals surface area contributed by atoms with Gasteiger partial charge in [0.1, 0.15) is 0 Å². The van der Waals surface area contributed by atoms with Crippen molar-refractivity contribution >= 4 is 34.6 Å². The molecule has 0 atom stereocenters. The van der Waals surface area contributed by atoms with Crippen LogP contribution in [0.5, 0.6) is 0 Å². The van der Waals surface area contributed by atoms with Crippen LogP contribution in [0.15, 0.2) is 12.1 Å². The van der Waals surface area contributed by atoms with Crippen molar-refractivity contribution in [3.8, 4) is 0 Å². The first-order valence-electron chi connectivity index (χ1n) is 5.09. The predicted octanol–water partition coefficient (Wildman–Crippen LogP) is 2.78. The summed E-state index contributed by atoms with van der Waals surface area (Å²) in [5.74, 6) is 0. The Hall–Kier alpha value is -0.640. The van der Waals surface area contributed by atoms with Gasteiger partial charge in [0, 0.05) is 12.6 Å². The van der Waals surface area contributed by atoms with Crippen LogP contribution in [-0.2, 0) is 0 Å². The van der Waals surface area contributed by atoms with Gasteiger partial charge in [0.2, 0.25) is 0 Å². The molecule has 0 spiro atoms. The van der Waals surface area contributed by atoms with Crippen LogP contribution in [0, 0.1) is 0 Å². The molecule has 3 nitrogen and oxygen atoms in total. The Kier molecular flexibility index (Phi) is 4.71. The second-order valence-electron chi connectivity index (χ2n) is 3.84. The highest BCUT2D eigenvalue weighted by atomic mass is 35.5. The third kappa shape index (κ3) is 2.94. The van der Waals surface area contributed by atoms with Crippen molar-refractivity contribution in [3.63, 3.8) is 0 Å². The Morgan fingerprint density at radius 3 is 2.38 bits per heavy atom. The summed E-state index contributed by atoms with van der Waals surface area (Å²) in [4.78, 5) is 1.98. The van der Waals surface area contributed by atoms with Crippen LogP contribution in [0.25, 0.3) is 0 Å². The van der Waals surface area contributed by atoms with Gasteiger partial charge in [-0.2, -0.15) is 0 Å². The zero-order valence-corrected chi connectivity index (χ0v) is 10.9. The van der Waals surface area contributed by atoms with Gasteiger partial charge in [-0.15, -0.1) is 0 Å². The lowest BCUT2D eigenvalue weighted by Gasteiger charge is -2.29. The van der Waals surface area contributed by atoms with Gasteiger partial charge in [-0.3, -0.25) is 0 Å². The molecule has 0 amide bonds. The van der Waals surface area contributed by atoms with E-state index in [2.05, 4.69) is 0 Å². The van der Waals surface area contributed by atoms with Crippen LogP contribution in [0.1, 0.15) is 13.8 Å². The number of nitrogen functional groups attached to an aromatic ring is 1. The Morgan fingerprint density at radius 2 is 1.88 bits per heavy atom. The van der Waals surface area contributed by atoms with E-state index >= 15 is 0 Å². The molecule has 0 radical (unpaired) electrons. The minimum atomic E-state index is 0.0673. The predicted molar refractivity (Wildman–Crippen MR) is 70.4 cm³/mol. The van der Waals surface area contributed by atoms with Gasteiger partial charge < -0.3 is 15.7 Å². The van der Waals surface area contributed by atoms with E-state index in [0.717, 1.165) is 5.69 Å². The summed E-state index contributed by atoms with van der Waals surface area (Å²) >= 11 is 11.8.